The van der Waals surface area contributed by atoms with E-state index in [1.54, 1.807) is 37.3 Å². The molecule has 0 aliphatic carbocycles. The van der Waals surface area contributed by atoms with Crippen LogP contribution in [0, 0.1) is 11.3 Å². The summed E-state index contributed by atoms with van der Waals surface area (Å²) in [4.78, 5) is 11.1. The number of nitriles is 1. The fourth-order valence-corrected chi connectivity index (χ4v) is 1.32. The summed E-state index contributed by atoms with van der Waals surface area (Å²) in [7, 11) is 0. The van der Waals surface area contributed by atoms with Crippen LogP contribution < -0.4 is 5.73 Å². The van der Waals surface area contributed by atoms with E-state index in [-0.39, 0.29) is 12.4 Å². The number of anilines is 1. The fraction of sp³-hybridized carbons (Fsp3) is 0.231. The van der Waals surface area contributed by atoms with Gasteiger partial charge in [0, 0.05) is 5.69 Å². The van der Waals surface area contributed by atoms with E-state index in [2.05, 4.69) is 6.07 Å². The second-order valence-corrected chi connectivity index (χ2v) is 3.37. The predicted octanol–water partition coefficient (Wildman–Crippen LogP) is 2.11. The average Bonchev–Trinajstić information content (AvgIpc) is 2.30. The summed E-state index contributed by atoms with van der Waals surface area (Å²) in [5, 5.41) is 8.89. The maximum absolute atomic E-state index is 11.1. The Hall–Kier alpha value is -2.28. The van der Waals surface area contributed by atoms with Crippen LogP contribution in [-0.4, -0.2) is 12.6 Å². The predicted molar refractivity (Wildman–Crippen MR) is 65.9 cm³/mol. The lowest BCUT2D eigenvalue weighted by Gasteiger charge is -2.00. The number of nitrogen functional groups attached to an aromatic ring is 1. The van der Waals surface area contributed by atoms with Crippen LogP contribution in [0.1, 0.15) is 24.5 Å². The molecule has 0 aromatic heterocycles. The molecule has 4 nitrogen and oxygen atoms in total. The van der Waals surface area contributed by atoms with Crippen LogP contribution in [-0.2, 0) is 9.53 Å². The van der Waals surface area contributed by atoms with Crippen molar-refractivity contribution in [3.63, 3.8) is 0 Å². The summed E-state index contributed by atoms with van der Waals surface area (Å²) in [6.45, 7) is 2.13. The molecule has 4 heteroatoms. The van der Waals surface area contributed by atoms with Crippen molar-refractivity contribution in [3.05, 3.63) is 35.4 Å². The first-order valence-corrected chi connectivity index (χ1v) is 5.29. The standard InChI is InChI=1S/C13H14N2O2/c1-2-17-13(16)5-3-4-10-8-12(15)7-6-11(10)9-14/h3-4,6-8H,2,5,15H2,1H3. The van der Waals surface area contributed by atoms with Gasteiger partial charge in [-0.05, 0) is 30.7 Å². The molecule has 1 rings (SSSR count). The molecule has 0 heterocycles. The van der Waals surface area contributed by atoms with Crippen LogP contribution in [0.2, 0.25) is 0 Å². The van der Waals surface area contributed by atoms with Crippen LogP contribution in [0.5, 0.6) is 0 Å². The normalized spacial score (nSPS) is 10.1. The number of ether oxygens (including phenoxy) is 1. The van der Waals surface area contributed by atoms with Crippen LogP contribution in [0.15, 0.2) is 24.3 Å². The van der Waals surface area contributed by atoms with Crippen LogP contribution >= 0.6 is 0 Å². The molecule has 0 spiro atoms. The minimum atomic E-state index is -0.286. The molecule has 1 aromatic carbocycles. The van der Waals surface area contributed by atoms with Crippen molar-refractivity contribution in [2.75, 3.05) is 12.3 Å². The molecule has 0 amide bonds. The van der Waals surface area contributed by atoms with E-state index in [4.69, 9.17) is 15.7 Å². The summed E-state index contributed by atoms with van der Waals surface area (Å²) >= 11 is 0. The number of hydrogen-bond donors (Lipinski definition) is 1. The third-order valence-corrected chi connectivity index (χ3v) is 2.08. The molecule has 17 heavy (non-hydrogen) atoms. The summed E-state index contributed by atoms with van der Waals surface area (Å²) in [5.74, 6) is -0.286. The Balaban J connectivity index is 2.74. The zero-order chi connectivity index (χ0) is 12.7. The molecule has 0 bridgehead atoms. The van der Waals surface area contributed by atoms with Crippen LogP contribution in [0.25, 0.3) is 6.08 Å². The molecule has 2 N–H and O–H groups in total. The van der Waals surface area contributed by atoms with Crippen molar-refractivity contribution >= 4 is 17.7 Å². The third-order valence-electron chi connectivity index (χ3n) is 2.08. The van der Waals surface area contributed by atoms with E-state index in [0.29, 0.717) is 23.4 Å². The summed E-state index contributed by atoms with van der Waals surface area (Å²) in [6, 6.07) is 7.08. The van der Waals surface area contributed by atoms with Gasteiger partial charge in [0.1, 0.15) is 0 Å². The number of nitrogens with two attached hydrogens (primary N) is 1. The maximum atomic E-state index is 11.1. The number of nitrogens with zero attached hydrogens (tertiary/aromatic N) is 1. The Morgan fingerprint density at radius 3 is 3.00 bits per heavy atom. The summed E-state index contributed by atoms with van der Waals surface area (Å²) < 4.78 is 4.78. The van der Waals surface area contributed by atoms with Crippen molar-refractivity contribution in [2.45, 2.75) is 13.3 Å². The van der Waals surface area contributed by atoms with Gasteiger partial charge in [0.25, 0.3) is 0 Å². The van der Waals surface area contributed by atoms with Gasteiger partial charge < -0.3 is 10.5 Å². The van der Waals surface area contributed by atoms with E-state index < -0.39 is 0 Å². The van der Waals surface area contributed by atoms with Gasteiger partial charge >= 0.3 is 5.97 Å². The highest BCUT2D eigenvalue weighted by Crippen LogP contribution is 2.14. The maximum Gasteiger partial charge on any atom is 0.309 e. The van der Waals surface area contributed by atoms with Gasteiger partial charge in [-0.1, -0.05) is 12.2 Å². The van der Waals surface area contributed by atoms with Gasteiger partial charge in [0.15, 0.2) is 0 Å². The minimum absolute atomic E-state index is 0.188. The lowest BCUT2D eigenvalue weighted by atomic mass is 10.1. The molecule has 0 radical (unpaired) electrons. The zero-order valence-corrected chi connectivity index (χ0v) is 9.64. The van der Waals surface area contributed by atoms with Crippen molar-refractivity contribution in [1.82, 2.24) is 0 Å². The fourth-order valence-electron chi connectivity index (χ4n) is 1.32. The number of esters is 1. The van der Waals surface area contributed by atoms with E-state index >= 15 is 0 Å². The second-order valence-electron chi connectivity index (χ2n) is 3.37. The van der Waals surface area contributed by atoms with E-state index in [9.17, 15) is 4.79 Å². The quantitative estimate of drug-likeness (QED) is 0.634. The van der Waals surface area contributed by atoms with Crippen molar-refractivity contribution in [2.24, 2.45) is 0 Å². The van der Waals surface area contributed by atoms with Crippen molar-refractivity contribution in [1.29, 1.82) is 5.26 Å². The topological polar surface area (TPSA) is 76.1 Å². The largest absolute Gasteiger partial charge is 0.466 e. The van der Waals surface area contributed by atoms with Gasteiger partial charge in [-0.3, -0.25) is 4.79 Å². The molecule has 1 aromatic rings. The number of benzene rings is 1. The Morgan fingerprint density at radius 2 is 2.35 bits per heavy atom. The highest BCUT2D eigenvalue weighted by molar-refractivity contribution is 5.73. The lowest BCUT2D eigenvalue weighted by Crippen LogP contribution is -2.01. The van der Waals surface area contributed by atoms with Gasteiger partial charge in [-0.15, -0.1) is 0 Å². The lowest BCUT2D eigenvalue weighted by molar-refractivity contribution is -0.142. The van der Waals surface area contributed by atoms with Crippen molar-refractivity contribution < 1.29 is 9.53 Å². The zero-order valence-electron chi connectivity index (χ0n) is 9.64. The third kappa shape index (κ3) is 3.99. The Morgan fingerprint density at radius 1 is 1.59 bits per heavy atom. The first-order chi connectivity index (χ1) is 8.17. The molecule has 0 aliphatic heterocycles. The first-order valence-electron chi connectivity index (χ1n) is 5.29. The second kappa shape index (κ2) is 6.33. The number of rotatable bonds is 4. The van der Waals surface area contributed by atoms with Gasteiger partial charge in [0.2, 0.25) is 0 Å². The highest BCUT2D eigenvalue weighted by Gasteiger charge is 2.00. The molecule has 0 saturated carbocycles. The highest BCUT2D eigenvalue weighted by atomic mass is 16.5. The molecule has 0 aliphatic rings. The van der Waals surface area contributed by atoms with E-state index in [0.717, 1.165) is 0 Å². The average molecular weight is 230 g/mol. The van der Waals surface area contributed by atoms with Gasteiger partial charge in [-0.2, -0.15) is 5.26 Å². The molecule has 0 unspecified atom stereocenters. The number of carbonyl (C=O) groups is 1. The minimum Gasteiger partial charge on any atom is -0.466 e. The van der Waals surface area contributed by atoms with Crippen LogP contribution in [0.4, 0.5) is 5.69 Å². The van der Waals surface area contributed by atoms with E-state index in [1.807, 2.05) is 0 Å². The molecule has 0 atom stereocenters. The SMILES string of the molecule is CCOC(=O)CC=Cc1cc(N)ccc1C#N. The number of hydrogen-bond acceptors (Lipinski definition) is 4. The smallest absolute Gasteiger partial charge is 0.309 e. The van der Waals surface area contributed by atoms with Gasteiger partial charge in [0.05, 0.1) is 24.7 Å². The summed E-state index contributed by atoms with van der Waals surface area (Å²) in [6.07, 6.45) is 3.55. The molecular weight excluding hydrogens is 216 g/mol. The Labute approximate surface area is 100 Å². The molecule has 0 fully saturated rings. The van der Waals surface area contributed by atoms with E-state index in [1.165, 1.54) is 0 Å². The Bertz CT molecular complexity index is 473. The number of carbonyl (C=O) groups excluding carboxylic acids is 1. The van der Waals surface area contributed by atoms with Gasteiger partial charge in [-0.25, -0.2) is 0 Å². The molecule has 88 valence electrons. The molecular formula is C13H14N2O2. The first kappa shape index (κ1) is 12.8. The Kier molecular flexibility index (Phi) is 4.77. The monoisotopic (exact) mass is 230 g/mol. The van der Waals surface area contributed by atoms with Crippen molar-refractivity contribution in [3.8, 4) is 6.07 Å². The molecule has 0 saturated heterocycles. The van der Waals surface area contributed by atoms with Crippen LogP contribution in [0.3, 0.4) is 0 Å². The summed E-state index contributed by atoms with van der Waals surface area (Å²) in [5.41, 5.74) is 7.44.